The fourth-order valence-corrected chi connectivity index (χ4v) is 6.04. The van der Waals surface area contributed by atoms with Gasteiger partial charge in [-0.05, 0) is 55.7 Å². The van der Waals surface area contributed by atoms with E-state index >= 15 is 0 Å². The predicted molar refractivity (Wildman–Crippen MR) is 125 cm³/mol. The minimum Gasteiger partial charge on any atom is -0.354 e. The highest BCUT2D eigenvalue weighted by Crippen LogP contribution is 2.27. The van der Waals surface area contributed by atoms with Crippen LogP contribution in [0, 0.1) is 17.2 Å². The van der Waals surface area contributed by atoms with Crippen molar-refractivity contribution in [3.63, 3.8) is 0 Å². The molecule has 0 aliphatic carbocycles. The van der Waals surface area contributed by atoms with Crippen molar-refractivity contribution in [3.8, 4) is 6.07 Å². The van der Waals surface area contributed by atoms with Gasteiger partial charge in [0.25, 0.3) is 0 Å². The smallest absolute Gasteiger partial charge is 0.243 e. The molecule has 33 heavy (non-hydrogen) atoms. The molecule has 0 unspecified atom stereocenters. The molecule has 8 nitrogen and oxygen atoms in total. The lowest BCUT2D eigenvalue weighted by Gasteiger charge is -2.33. The Morgan fingerprint density at radius 1 is 1.03 bits per heavy atom. The first kappa shape index (κ1) is 23.5. The van der Waals surface area contributed by atoms with Crippen LogP contribution in [-0.4, -0.2) is 67.8 Å². The molecule has 174 valence electrons. The molecule has 0 radical (unpaired) electrons. The molecule has 1 aromatic heterocycles. The van der Waals surface area contributed by atoms with E-state index in [1.54, 1.807) is 30.5 Å². The molecule has 2 aromatic rings. The topological polar surface area (TPSA) is 97.6 Å². The number of nitrogens with zero attached hydrogens (tertiary/aromatic N) is 5. The summed E-state index contributed by atoms with van der Waals surface area (Å²) in [5, 5.41) is 9.85. The molecule has 1 aromatic carbocycles. The van der Waals surface area contributed by atoms with Crippen LogP contribution in [-0.2, 0) is 14.8 Å². The average Bonchev–Trinajstić information content (AvgIpc) is 3.10. The van der Waals surface area contributed by atoms with Crippen LogP contribution in [0.5, 0.6) is 0 Å². The lowest BCUT2D eigenvalue weighted by molar-refractivity contribution is -0.136. The van der Waals surface area contributed by atoms with Crippen molar-refractivity contribution in [2.24, 2.45) is 5.92 Å². The quantitative estimate of drug-likeness (QED) is 0.657. The molecule has 10 heteroatoms. The number of sulfonamides is 1. The zero-order valence-electron chi connectivity index (χ0n) is 18.2. The molecule has 4 rings (SSSR count). The Kier molecular flexibility index (Phi) is 7.17. The molecule has 1 amide bonds. The number of carbonyl (C=O) groups is 1. The number of hydrogen-bond acceptors (Lipinski definition) is 6. The van der Waals surface area contributed by atoms with Crippen molar-refractivity contribution in [3.05, 3.63) is 53.2 Å². The van der Waals surface area contributed by atoms with Crippen LogP contribution >= 0.6 is 11.6 Å². The number of benzene rings is 1. The van der Waals surface area contributed by atoms with Crippen LogP contribution in [0.2, 0.25) is 5.02 Å². The monoisotopic (exact) mass is 487 g/mol. The van der Waals surface area contributed by atoms with Gasteiger partial charge in [-0.25, -0.2) is 13.4 Å². The third-order valence-corrected chi connectivity index (χ3v) is 8.43. The van der Waals surface area contributed by atoms with E-state index in [1.807, 2.05) is 4.90 Å². The molecule has 0 spiro atoms. The third kappa shape index (κ3) is 5.13. The number of nitriles is 1. The molecule has 3 heterocycles. The van der Waals surface area contributed by atoms with Crippen molar-refractivity contribution in [1.29, 1.82) is 5.26 Å². The van der Waals surface area contributed by atoms with Crippen LogP contribution < -0.4 is 4.90 Å². The summed E-state index contributed by atoms with van der Waals surface area (Å²) in [6.07, 6.45) is 3.47. The minimum absolute atomic E-state index is 0.0851. The molecule has 0 saturated carbocycles. The van der Waals surface area contributed by atoms with Gasteiger partial charge in [-0.3, -0.25) is 4.79 Å². The van der Waals surface area contributed by atoms with Gasteiger partial charge in [0, 0.05) is 56.4 Å². The van der Waals surface area contributed by atoms with Gasteiger partial charge in [0.2, 0.25) is 15.9 Å². The molecule has 0 N–H and O–H groups in total. The van der Waals surface area contributed by atoms with Crippen LogP contribution in [0.25, 0.3) is 0 Å². The van der Waals surface area contributed by atoms with Gasteiger partial charge in [-0.2, -0.15) is 9.57 Å². The molecular weight excluding hydrogens is 462 g/mol. The fraction of sp³-hybridized carbons (Fsp3) is 0.435. The molecule has 2 saturated heterocycles. The molecule has 2 aliphatic rings. The van der Waals surface area contributed by atoms with Crippen molar-refractivity contribution in [1.82, 2.24) is 14.2 Å². The zero-order valence-corrected chi connectivity index (χ0v) is 19.8. The highest BCUT2D eigenvalue weighted by atomic mass is 35.5. The van der Waals surface area contributed by atoms with E-state index in [-0.39, 0.29) is 16.7 Å². The highest BCUT2D eigenvalue weighted by Gasteiger charge is 2.34. The number of anilines is 1. The molecular formula is C23H26ClN5O3S. The third-order valence-electron chi connectivity index (χ3n) is 6.27. The van der Waals surface area contributed by atoms with Gasteiger partial charge in [0.1, 0.15) is 11.9 Å². The van der Waals surface area contributed by atoms with E-state index in [9.17, 15) is 18.5 Å². The van der Waals surface area contributed by atoms with Gasteiger partial charge >= 0.3 is 0 Å². The average molecular weight is 488 g/mol. The first-order valence-corrected chi connectivity index (χ1v) is 12.9. The largest absolute Gasteiger partial charge is 0.354 e. The number of pyridine rings is 1. The second-order valence-corrected chi connectivity index (χ2v) is 10.7. The minimum atomic E-state index is -3.59. The standard InChI is InChI=1S/C23H26ClN5O3S/c24-20-4-6-21(7-5-20)33(31,32)29-13-8-18(9-14-29)23(30)28-12-2-11-27(15-16-28)22-19(17-25)3-1-10-26-22/h1,3-7,10,18H,2,8-9,11-16H2. The van der Waals surface area contributed by atoms with Crippen LogP contribution in [0.4, 0.5) is 5.82 Å². The number of hydrogen-bond donors (Lipinski definition) is 0. The summed E-state index contributed by atoms with van der Waals surface area (Å²) in [5.41, 5.74) is 0.534. The zero-order chi connectivity index (χ0) is 23.4. The first-order chi connectivity index (χ1) is 15.9. The molecule has 2 fully saturated rings. The van der Waals surface area contributed by atoms with Crippen molar-refractivity contribution in [2.45, 2.75) is 24.2 Å². The second-order valence-electron chi connectivity index (χ2n) is 8.28. The summed E-state index contributed by atoms with van der Waals surface area (Å²) in [6.45, 7) is 3.19. The maximum atomic E-state index is 13.2. The van der Waals surface area contributed by atoms with Crippen LogP contribution in [0.1, 0.15) is 24.8 Å². The Balaban J connectivity index is 1.35. The molecule has 0 atom stereocenters. The van der Waals surface area contributed by atoms with Gasteiger partial charge in [-0.15, -0.1) is 0 Å². The van der Waals surface area contributed by atoms with Crippen LogP contribution in [0.3, 0.4) is 0 Å². The highest BCUT2D eigenvalue weighted by molar-refractivity contribution is 7.89. The van der Waals surface area contributed by atoms with Gasteiger partial charge in [0.15, 0.2) is 0 Å². The number of carbonyl (C=O) groups excluding carboxylic acids is 1. The van der Waals surface area contributed by atoms with E-state index in [0.717, 1.165) is 13.0 Å². The summed E-state index contributed by atoms with van der Waals surface area (Å²) in [7, 11) is -3.59. The first-order valence-electron chi connectivity index (χ1n) is 11.0. The lowest BCUT2D eigenvalue weighted by Crippen LogP contribution is -2.45. The van der Waals surface area contributed by atoms with Gasteiger partial charge < -0.3 is 9.80 Å². The number of piperidine rings is 1. The molecule has 2 aliphatic heterocycles. The number of halogens is 1. The normalized spacial score (nSPS) is 18.5. The fourth-order valence-electron chi connectivity index (χ4n) is 4.44. The van der Waals surface area contributed by atoms with E-state index in [0.29, 0.717) is 62.0 Å². The lowest BCUT2D eigenvalue weighted by atomic mass is 9.96. The maximum absolute atomic E-state index is 13.2. The Hall–Kier alpha value is -2.67. The van der Waals surface area contributed by atoms with E-state index < -0.39 is 10.0 Å². The summed E-state index contributed by atoms with van der Waals surface area (Å²) in [5.74, 6) is 0.565. The summed E-state index contributed by atoms with van der Waals surface area (Å²) in [6, 6.07) is 11.8. The Morgan fingerprint density at radius 2 is 1.76 bits per heavy atom. The molecule has 0 bridgehead atoms. The Bertz CT molecular complexity index is 1140. The van der Waals surface area contributed by atoms with Crippen molar-refractivity contribution < 1.29 is 13.2 Å². The van der Waals surface area contributed by atoms with E-state index in [4.69, 9.17) is 11.6 Å². The second kappa shape index (κ2) is 10.1. The maximum Gasteiger partial charge on any atom is 0.243 e. The van der Waals surface area contributed by atoms with E-state index in [1.165, 1.54) is 16.4 Å². The van der Waals surface area contributed by atoms with Crippen molar-refractivity contribution >= 4 is 33.3 Å². The van der Waals surface area contributed by atoms with E-state index in [2.05, 4.69) is 16.0 Å². The van der Waals surface area contributed by atoms with Gasteiger partial charge in [0.05, 0.1) is 10.5 Å². The SMILES string of the molecule is N#Cc1cccnc1N1CCCN(C(=O)C2CCN(S(=O)(=O)c3ccc(Cl)cc3)CC2)CC1. The number of amides is 1. The number of rotatable bonds is 4. The summed E-state index contributed by atoms with van der Waals surface area (Å²) in [4.78, 5) is 21.7. The predicted octanol–water partition coefficient (Wildman–Crippen LogP) is 2.75. The Morgan fingerprint density at radius 3 is 2.45 bits per heavy atom. The van der Waals surface area contributed by atoms with Gasteiger partial charge in [-0.1, -0.05) is 11.6 Å². The van der Waals surface area contributed by atoms with Crippen molar-refractivity contribution in [2.75, 3.05) is 44.2 Å². The van der Waals surface area contributed by atoms with Crippen LogP contribution in [0.15, 0.2) is 47.5 Å². The summed E-state index contributed by atoms with van der Waals surface area (Å²) < 4.78 is 27.2. The number of aromatic nitrogens is 1. The Labute approximate surface area is 199 Å². The summed E-state index contributed by atoms with van der Waals surface area (Å²) >= 11 is 5.87.